The summed E-state index contributed by atoms with van der Waals surface area (Å²) in [5, 5.41) is 11.7. The number of nitrogens with zero attached hydrogens (tertiary/aromatic N) is 3. The zero-order valence-electron chi connectivity index (χ0n) is 17.9. The molecule has 3 heterocycles. The summed E-state index contributed by atoms with van der Waals surface area (Å²) in [6.45, 7) is 2.18. The standard InChI is InChI=1S/C24H24N4O4/c1-15-11-21(29)23(24(31)28(15)10-8-16-13-25-14-27-16)19(12-22(30)32-2)17-7-9-26-20-6-4-3-5-18(17)20/h3-7,9,11,13-14,19,29H,8,10,12H2,1-2H3,(H,25,27). The summed E-state index contributed by atoms with van der Waals surface area (Å²) in [4.78, 5) is 37.3. The number of imidazole rings is 1. The number of aromatic nitrogens is 4. The molecule has 0 fully saturated rings. The number of carbonyl (C=O) groups is 1. The summed E-state index contributed by atoms with van der Waals surface area (Å²) in [6, 6.07) is 10.9. The number of hydrogen-bond donors (Lipinski definition) is 2. The molecule has 0 aliphatic carbocycles. The Labute approximate surface area is 184 Å². The molecule has 0 aliphatic heterocycles. The number of carbonyl (C=O) groups excluding carboxylic acids is 1. The summed E-state index contributed by atoms with van der Waals surface area (Å²) in [5.41, 5.74) is 2.84. The van der Waals surface area contributed by atoms with Crippen LogP contribution < -0.4 is 5.56 Å². The second-order valence-electron chi connectivity index (χ2n) is 7.62. The van der Waals surface area contributed by atoms with Crippen molar-refractivity contribution < 1.29 is 14.6 Å². The van der Waals surface area contributed by atoms with Crippen molar-refractivity contribution in [1.82, 2.24) is 19.5 Å². The molecule has 8 heteroatoms. The Morgan fingerprint density at radius 3 is 2.84 bits per heavy atom. The maximum Gasteiger partial charge on any atom is 0.306 e. The highest BCUT2D eigenvalue weighted by Crippen LogP contribution is 2.35. The van der Waals surface area contributed by atoms with E-state index in [1.54, 1.807) is 42.3 Å². The van der Waals surface area contributed by atoms with Gasteiger partial charge in [0.2, 0.25) is 0 Å². The molecule has 0 spiro atoms. The van der Waals surface area contributed by atoms with Crippen LogP contribution in [0.25, 0.3) is 10.9 Å². The van der Waals surface area contributed by atoms with Gasteiger partial charge in [-0.15, -0.1) is 0 Å². The number of para-hydroxylation sites is 1. The van der Waals surface area contributed by atoms with Gasteiger partial charge in [0.05, 0.1) is 30.9 Å². The maximum atomic E-state index is 13.6. The predicted molar refractivity (Wildman–Crippen MR) is 120 cm³/mol. The molecule has 0 bridgehead atoms. The van der Waals surface area contributed by atoms with Crippen LogP contribution in [-0.4, -0.2) is 37.7 Å². The van der Waals surface area contributed by atoms with E-state index in [0.29, 0.717) is 18.7 Å². The largest absolute Gasteiger partial charge is 0.507 e. The van der Waals surface area contributed by atoms with Gasteiger partial charge >= 0.3 is 5.97 Å². The minimum Gasteiger partial charge on any atom is -0.507 e. The molecular formula is C24H24N4O4. The molecule has 4 rings (SSSR count). The van der Waals surface area contributed by atoms with Gasteiger partial charge in [0.15, 0.2) is 0 Å². The second-order valence-corrected chi connectivity index (χ2v) is 7.62. The van der Waals surface area contributed by atoms with Crippen LogP contribution in [-0.2, 0) is 22.5 Å². The summed E-state index contributed by atoms with van der Waals surface area (Å²) in [7, 11) is 1.31. The molecule has 2 N–H and O–H groups in total. The first-order valence-electron chi connectivity index (χ1n) is 10.3. The van der Waals surface area contributed by atoms with E-state index < -0.39 is 11.9 Å². The minimum absolute atomic E-state index is 0.0864. The Balaban J connectivity index is 1.86. The van der Waals surface area contributed by atoms with Crippen LogP contribution in [0.4, 0.5) is 0 Å². The summed E-state index contributed by atoms with van der Waals surface area (Å²) < 4.78 is 6.52. The molecule has 0 amide bonds. The fraction of sp³-hybridized carbons (Fsp3) is 0.250. The minimum atomic E-state index is -0.693. The fourth-order valence-electron chi connectivity index (χ4n) is 4.07. The van der Waals surface area contributed by atoms with Crippen molar-refractivity contribution in [3.05, 3.63) is 88.0 Å². The van der Waals surface area contributed by atoms with E-state index >= 15 is 0 Å². The van der Waals surface area contributed by atoms with Crippen LogP contribution in [0.2, 0.25) is 0 Å². The highest BCUT2D eigenvalue weighted by Gasteiger charge is 2.28. The lowest BCUT2D eigenvalue weighted by Gasteiger charge is -2.21. The van der Waals surface area contributed by atoms with Crippen molar-refractivity contribution in [1.29, 1.82) is 0 Å². The van der Waals surface area contributed by atoms with Crippen LogP contribution in [0.1, 0.15) is 34.9 Å². The zero-order chi connectivity index (χ0) is 22.7. The van der Waals surface area contributed by atoms with Gasteiger partial charge in [-0.2, -0.15) is 0 Å². The fourth-order valence-corrected chi connectivity index (χ4v) is 4.07. The van der Waals surface area contributed by atoms with E-state index in [-0.39, 0.29) is 23.3 Å². The van der Waals surface area contributed by atoms with Gasteiger partial charge in [-0.3, -0.25) is 14.6 Å². The molecule has 0 radical (unpaired) electrons. The number of pyridine rings is 2. The monoisotopic (exact) mass is 432 g/mol. The van der Waals surface area contributed by atoms with Crippen LogP contribution in [0, 0.1) is 6.92 Å². The number of aryl methyl sites for hydroxylation is 2. The van der Waals surface area contributed by atoms with Crippen LogP contribution >= 0.6 is 0 Å². The first-order chi connectivity index (χ1) is 15.5. The molecule has 0 saturated carbocycles. The van der Waals surface area contributed by atoms with Gasteiger partial charge in [-0.05, 0) is 30.7 Å². The number of fused-ring (bicyclic) bond motifs is 1. The topological polar surface area (TPSA) is 110 Å². The average Bonchev–Trinajstić information content (AvgIpc) is 3.31. The van der Waals surface area contributed by atoms with E-state index in [2.05, 4.69) is 15.0 Å². The van der Waals surface area contributed by atoms with E-state index in [4.69, 9.17) is 4.74 Å². The molecule has 4 aromatic rings. The number of esters is 1. The van der Waals surface area contributed by atoms with Crippen molar-refractivity contribution in [2.24, 2.45) is 0 Å². The highest BCUT2D eigenvalue weighted by atomic mass is 16.5. The third-order valence-electron chi connectivity index (χ3n) is 5.69. The van der Waals surface area contributed by atoms with Crippen molar-refractivity contribution in [2.45, 2.75) is 32.2 Å². The smallest absolute Gasteiger partial charge is 0.306 e. The molecule has 164 valence electrons. The molecule has 0 saturated heterocycles. The van der Waals surface area contributed by atoms with Gasteiger partial charge < -0.3 is 19.4 Å². The van der Waals surface area contributed by atoms with E-state index in [9.17, 15) is 14.7 Å². The molecule has 1 aromatic carbocycles. The van der Waals surface area contributed by atoms with Gasteiger partial charge in [-0.25, -0.2) is 4.98 Å². The Hall–Kier alpha value is -3.94. The number of nitrogens with one attached hydrogen (secondary N) is 1. The second kappa shape index (κ2) is 9.05. The lowest BCUT2D eigenvalue weighted by atomic mass is 9.86. The Bertz CT molecular complexity index is 1310. The number of aromatic amines is 1. The Morgan fingerprint density at radius 1 is 1.28 bits per heavy atom. The number of ether oxygens (including phenoxy) is 1. The highest BCUT2D eigenvalue weighted by molar-refractivity contribution is 5.84. The number of rotatable bonds is 7. The number of hydrogen-bond acceptors (Lipinski definition) is 6. The Morgan fingerprint density at radius 2 is 2.09 bits per heavy atom. The van der Waals surface area contributed by atoms with E-state index in [0.717, 1.165) is 22.2 Å². The third kappa shape index (κ3) is 4.12. The maximum absolute atomic E-state index is 13.6. The van der Waals surface area contributed by atoms with Crippen molar-refractivity contribution in [3.8, 4) is 5.75 Å². The van der Waals surface area contributed by atoms with E-state index in [1.807, 2.05) is 24.3 Å². The molecule has 1 unspecified atom stereocenters. The first-order valence-corrected chi connectivity index (χ1v) is 10.3. The molecule has 8 nitrogen and oxygen atoms in total. The molecular weight excluding hydrogens is 408 g/mol. The van der Waals surface area contributed by atoms with Crippen LogP contribution in [0.15, 0.2) is 59.9 Å². The lowest BCUT2D eigenvalue weighted by Crippen LogP contribution is -2.29. The summed E-state index contributed by atoms with van der Waals surface area (Å²) >= 11 is 0. The average molecular weight is 432 g/mol. The van der Waals surface area contributed by atoms with Gasteiger partial charge in [0.25, 0.3) is 5.56 Å². The van der Waals surface area contributed by atoms with Gasteiger partial charge in [0, 0.05) is 48.1 Å². The number of benzene rings is 1. The Kier molecular flexibility index (Phi) is 6.02. The summed E-state index contributed by atoms with van der Waals surface area (Å²) in [5.74, 6) is -1.30. The zero-order valence-corrected chi connectivity index (χ0v) is 17.9. The van der Waals surface area contributed by atoms with Crippen molar-refractivity contribution >= 4 is 16.9 Å². The number of H-pyrrole nitrogens is 1. The first kappa shape index (κ1) is 21.3. The SMILES string of the molecule is COC(=O)CC(c1c(O)cc(C)n(CCc2cnc[nH]2)c1=O)c1ccnc2ccccc12. The van der Waals surface area contributed by atoms with Crippen molar-refractivity contribution in [2.75, 3.05) is 7.11 Å². The third-order valence-corrected chi connectivity index (χ3v) is 5.69. The van der Waals surface area contributed by atoms with Crippen LogP contribution in [0.3, 0.4) is 0 Å². The number of aromatic hydroxyl groups is 1. The normalized spacial score (nSPS) is 12.1. The quantitative estimate of drug-likeness (QED) is 0.434. The molecule has 1 atom stereocenters. The van der Waals surface area contributed by atoms with Crippen LogP contribution in [0.5, 0.6) is 5.75 Å². The van der Waals surface area contributed by atoms with E-state index in [1.165, 1.54) is 7.11 Å². The number of methoxy groups -OCH3 is 1. The molecule has 3 aromatic heterocycles. The molecule has 32 heavy (non-hydrogen) atoms. The van der Waals surface area contributed by atoms with Gasteiger partial charge in [0.1, 0.15) is 5.75 Å². The molecule has 0 aliphatic rings. The van der Waals surface area contributed by atoms with Crippen molar-refractivity contribution in [3.63, 3.8) is 0 Å². The lowest BCUT2D eigenvalue weighted by molar-refractivity contribution is -0.140. The predicted octanol–water partition coefficient (Wildman–Crippen LogP) is 3.07. The summed E-state index contributed by atoms with van der Waals surface area (Å²) in [6.07, 6.45) is 5.44. The van der Waals surface area contributed by atoms with Gasteiger partial charge in [-0.1, -0.05) is 18.2 Å².